The van der Waals surface area contributed by atoms with Gasteiger partial charge in [0.2, 0.25) is 0 Å². The molecular weight excluding hydrogens is 252 g/mol. The van der Waals surface area contributed by atoms with E-state index in [1.165, 1.54) is 4.70 Å². The number of thiophene rings is 1. The number of nitriles is 1. The van der Waals surface area contributed by atoms with Crippen LogP contribution in [0.4, 0.5) is 0 Å². The maximum atomic E-state index is 9.41. The van der Waals surface area contributed by atoms with Crippen LogP contribution in [0, 0.1) is 11.3 Å². The normalized spacial score (nSPS) is 11.1. The Bertz CT molecular complexity index is 976. The van der Waals surface area contributed by atoms with Crippen molar-refractivity contribution in [2.75, 3.05) is 0 Å². The van der Waals surface area contributed by atoms with Crippen molar-refractivity contribution in [2.45, 2.75) is 0 Å². The first-order valence-corrected chi connectivity index (χ1v) is 6.78. The third-order valence-electron chi connectivity index (χ3n) is 3.38. The fourth-order valence-corrected chi connectivity index (χ4v) is 3.79. The van der Waals surface area contributed by atoms with Gasteiger partial charge in [0.1, 0.15) is 0 Å². The van der Waals surface area contributed by atoms with Gasteiger partial charge in [-0.05, 0) is 23.6 Å². The summed E-state index contributed by atoms with van der Waals surface area (Å²) in [5.41, 5.74) is 0.742. The van der Waals surface area contributed by atoms with Crippen LogP contribution in [0.5, 0.6) is 0 Å². The molecule has 0 saturated carbocycles. The summed E-state index contributed by atoms with van der Waals surface area (Å²) < 4.78 is 2.37. The Morgan fingerprint density at radius 3 is 2.89 bits per heavy atom. The lowest BCUT2D eigenvalue weighted by molar-refractivity contribution is 1.37. The highest BCUT2D eigenvalue weighted by atomic mass is 32.1. The van der Waals surface area contributed by atoms with Gasteiger partial charge in [0.25, 0.3) is 0 Å². The molecule has 4 rings (SSSR count). The summed E-state index contributed by atoms with van der Waals surface area (Å²) in [5.74, 6) is 0. The molecule has 0 atom stereocenters. The summed E-state index contributed by atoms with van der Waals surface area (Å²) in [6, 6.07) is 14.5. The van der Waals surface area contributed by atoms with Crippen molar-refractivity contribution in [2.24, 2.45) is 0 Å². The van der Waals surface area contributed by atoms with Crippen molar-refractivity contribution < 1.29 is 0 Å². The quantitative estimate of drug-likeness (QED) is 0.467. The second-order valence-electron chi connectivity index (χ2n) is 4.44. The van der Waals surface area contributed by atoms with E-state index in [0.717, 1.165) is 31.8 Å². The first kappa shape index (κ1) is 10.5. The van der Waals surface area contributed by atoms with E-state index in [0.29, 0.717) is 0 Å². The van der Waals surface area contributed by atoms with E-state index in [4.69, 9.17) is 0 Å². The molecule has 0 radical (unpaired) electrons. The number of rotatable bonds is 0. The van der Waals surface area contributed by atoms with Gasteiger partial charge in [-0.1, -0.05) is 18.2 Å². The van der Waals surface area contributed by atoms with Crippen LogP contribution < -0.4 is 0 Å². The smallest absolute Gasteiger partial charge is 0.0998 e. The zero-order chi connectivity index (χ0) is 12.8. The molecule has 4 aromatic rings. The lowest BCUT2D eigenvalue weighted by Gasteiger charge is -2.01. The zero-order valence-corrected chi connectivity index (χ0v) is 10.7. The van der Waals surface area contributed by atoms with Gasteiger partial charge in [0, 0.05) is 38.0 Å². The highest BCUT2D eigenvalue weighted by molar-refractivity contribution is 7.26. The van der Waals surface area contributed by atoms with Crippen LogP contribution in [0.1, 0.15) is 5.56 Å². The van der Waals surface area contributed by atoms with E-state index in [-0.39, 0.29) is 0 Å². The molecule has 3 heteroatoms. The van der Waals surface area contributed by atoms with Crippen LogP contribution in [0.15, 0.2) is 48.8 Å². The van der Waals surface area contributed by atoms with Crippen molar-refractivity contribution >= 4 is 42.3 Å². The first-order valence-electron chi connectivity index (χ1n) is 5.96. The highest BCUT2D eigenvalue weighted by Crippen LogP contribution is 2.39. The van der Waals surface area contributed by atoms with Gasteiger partial charge >= 0.3 is 0 Å². The van der Waals surface area contributed by atoms with Crippen molar-refractivity contribution in [3.05, 3.63) is 54.4 Å². The summed E-state index contributed by atoms with van der Waals surface area (Å²) >= 11 is 1.73. The van der Waals surface area contributed by atoms with Gasteiger partial charge < -0.3 is 0 Å². The molecule has 19 heavy (non-hydrogen) atoms. The van der Waals surface area contributed by atoms with Gasteiger partial charge in [-0.2, -0.15) is 5.26 Å². The molecule has 0 bridgehead atoms. The average molecular weight is 260 g/mol. The van der Waals surface area contributed by atoms with E-state index in [1.807, 2.05) is 30.5 Å². The van der Waals surface area contributed by atoms with Crippen molar-refractivity contribution in [1.29, 1.82) is 5.26 Å². The monoisotopic (exact) mass is 260 g/mol. The molecule has 0 fully saturated rings. The van der Waals surface area contributed by atoms with Crippen LogP contribution in [-0.4, -0.2) is 4.98 Å². The topological polar surface area (TPSA) is 36.7 Å². The molecule has 0 aliphatic carbocycles. The molecule has 0 N–H and O–H groups in total. The number of aromatic nitrogens is 1. The van der Waals surface area contributed by atoms with E-state index in [9.17, 15) is 5.26 Å². The molecule has 0 amide bonds. The second-order valence-corrected chi connectivity index (χ2v) is 5.49. The Balaban J connectivity index is 2.39. The summed E-state index contributed by atoms with van der Waals surface area (Å²) in [7, 11) is 0. The summed E-state index contributed by atoms with van der Waals surface area (Å²) in [5, 5.41) is 13.8. The van der Waals surface area contributed by atoms with Crippen molar-refractivity contribution in [1.82, 2.24) is 4.98 Å². The lowest BCUT2D eigenvalue weighted by Crippen LogP contribution is -1.81. The molecule has 0 aliphatic heterocycles. The molecule has 2 nitrogen and oxygen atoms in total. The van der Waals surface area contributed by atoms with Gasteiger partial charge in [-0.3, -0.25) is 4.98 Å². The van der Waals surface area contributed by atoms with Crippen molar-refractivity contribution in [3.8, 4) is 6.07 Å². The van der Waals surface area contributed by atoms with Gasteiger partial charge in [-0.15, -0.1) is 11.3 Å². The van der Waals surface area contributed by atoms with Gasteiger partial charge in [0.05, 0.1) is 11.6 Å². The first-order chi connectivity index (χ1) is 9.38. The van der Waals surface area contributed by atoms with Gasteiger partial charge in [-0.25, -0.2) is 0 Å². The Labute approximate surface area is 113 Å². The predicted octanol–water partition coefficient (Wildman–Crippen LogP) is 4.47. The highest BCUT2D eigenvalue weighted by Gasteiger charge is 2.12. The lowest BCUT2D eigenvalue weighted by atomic mass is 10.0. The van der Waals surface area contributed by atoms with Crippen LogP contribution in [0.3, 0.4) is 0 Å². The predicted molar refractivity (Wildman–Crippen MR) is 79.3 cm³/mol. The summed E-state index contributed by atoms with van der Waals surface area (Å²) in [6.07, 6.45) is 3.65. The largest absolute Gasteiger partial charge is 0.264 e. The third-order valence-corrected chi connectivity index (χ3v) is 4.59. The number of nitrogens with zero attached hydrogens (tertiary/aromatic N) is 2. The standard InChI is InChI=1S/C16H8N2S/c17-8-11-7-10-5-6-18-9-13(10)16-15(11)12-3-1-2-4-14(12)19-16/h1-7,9H. The minimum Gasteiger partial charge on any atom is -0.264 e. The second kappa shape index (κ2) is 3.78. The minimum atomic E-state index is 0.742. The number of hydrogen-bond donors (Lipinski definition) is 0. The molecule has 0 spiro atoms. The SMILES string of the molecule is N#Cc1cc2ccncc2c2sc3ccccc3c12. The Kier molecular flexibility index (Phi) is 2.08. The summed E-state index contributed by atoms with van der Waals surface area (Å²) in [4.78, 5) is 4.21. The van der Waals surface area contributed by atoms with E-state index < -0.39 is 0 Å². The van der Waals surface area contributed by atoms with E-state index in [1.54, 1.807) is 17.5 Å². The van der Waals surface area contributed by atoms with E-state index >= 15 is 0 Å². The number of hydrogen-bond acceptors (Lipinski definition) is 3. The number of fused-ring (bicyclic) bond motifs is 5. The van der Waals surface area contributed by atoms with Crippen molar-refractivity contribution in [3.63, 3.8) is 0 Å². The Hall–Kier alpha value is -2.44. The zero-order valence-electron chi connectivity index (χ0n) is 9.92. The minimum absolute atomic E-state index is 0.742. The Morgan fingerprint density at radius 2 is 2.00 bits per heavy atom. The molecule has 2 heterocycles. The van der Waals surface area contributed by atoms with E-state index in [2.05, 4.69) is 23.2 Å². The molecule has 88 valence electrons. The maximum Gasteiger partial charge on any atom is 0.0998 e. The maximum absolute atomic E-state index is 9.41. The number of pyridine rings is 1. The Morgan fingerprint density at radius 1 is 1.11 bits per heavy atom. The molecular formula is C16H8N2S. The van der Waals surface area contributed by atoms with Crippen LogP contribution in [-0.2, 0) is 0 Å². The number of benzene rings is 2. The molecule has 2 aromatic carbocycles. The third kappa shape index (κ3) is 1.38. The molecule has 0 unspecified atom stereocenters. The molecule has 0 aliphatic rings. The van der Waals surface area contributed by atoms with Gasteiger partial charge in [0.15, 0.2) is 0 Å². The van der Waals surface area contributed by atoms with Crippen LogP contribution >= 0.6 is 11.3 Å². The molecule has 0 saturated heterocycles. The fraction of sp³-hybridized carbons (Fsp3) is 0. The molecule has 2 aromatic heterocycles. The summed E-state index contributed by atoms with van der Waals surface area (Å²) in [6.45, 7) is 0. The van der Waals surface area contributed by atoms with Crippen LogP contribution in [0.25, 0.3) is 30.9 Å². The fourth-order valence-electron chi connectivity index (χ4n) is 2.54. The van der Waals surface area contributed by atoms with Crippen LogP contribution in [0.2, 0.25) is 0 Å². The average Bonchev–Trinajstić information content (AvgIpc) is 2.86.